The van der Waals surface area contributed by atoms with Crippen molar-refractivity contribution in [1.82, 2.24) is 4.98 Å². The highest BCUT2D eigenvalue weighted by Gasteiger charge is 2.27. The van der Waals surface area contributed by atoms with E-state index in [2.05, 4.69) is 10.3 Å². The van der Waals surface area contributed by atoms with Gasteiger partial charge in [0.1, 0.15) is 18.1 Å². The van der Waals surface area contributed by atoms with Crippen molar-refractivity contribution in [3.8, 4) is 0 Å². The number of hydrogen-bond donors (Lipinski definition) is 2. The molecule has 1 aromatic heterocycles. The molecule has 0 spiro atoms. The first kappa shape index (κ1) is 12.2. The summed E-state index contributed by atoms with van der Waals surface area (Å²) in [7, 11) is 0. The molecular formula is C14H12N4O2. The van der Waals surface area contributed by atoms with Gasteiger partial charge < -0.3 is 11.1 Å². The van der Waals surface area contributed by atoms with E-state index in [0.717, 1.165) is 0 Å². The van der Waals surface area contributed by atoms with E-state index >= 15 is 0 Å². The Morgan fingerprint density at radius 2 is 2.00 bits per heavy atom. The van der Waals surface area contributed by atoms with Crippen LogP contribution in [0.15, 0.2) is 42.5 Å². The third-order valence-electron chi connectivity index (χ3n) is 3.01. The Kier molecular flexibility index (Phi) is 2.83. The lowest BCUT2D eigenvalue weighted by Gasteiger charge is -2.28. The minimum Gasteiger partial charge on any atom is -0.384 e. The van der Waals surface area contributed by atoms with Crippen LogP contribution in [0.3, 0.4) is 0 Å². The van der Waals surface area contributed by atoms with Crippen LogP contribution >= 0.6 is 0 Å². The van der Waals surface area contributed by atoms with Gasteiger partial charge in [-0.1, -0.05) is 18.2 Å². The first-order valence-electron chi connectivity index (χ1n) is 6.08. The Morgan fingerprint density at radius 1 is 1.20 bits per heavy atom. The van der Waals surface area contributed by atoms with Gasteiger partial charge in [-0.05, 0) is 24.3 Å². The standard InChI is InChI=1S/C14H12N4O2/c15-12-7-3-5-10(16-12)14(20)18-8-13(19)17-9-4-1-2-6-11(9)18/h1-7H,8H2,(H2,15,16)(H,17,19). The summed E-state index contributed by atoms with van der Waals surface area (Å²) in [5, 5.41) is 2.73. The number of nitrogens with two attached hydrogens (primary N) is 1. The van der Waals surface area contributed by atoms with E-state index in [4.69, 9.17) is 5.73 Å². The molecule has 3 rings (SSSR count). The lowest BCUT2D eigenvalue weighted by molar-refractivity contribution is -0.115. The normalized spacial score (nSPS) is 13.6. The predicted molar refractivity (Wildman–Crippen MR) is 75.4 cm³/mol. The number of anilines is 3. The fourth-order valence-corrected chi connectivity index (χ4v) is 2.12. The fourth-order valence-electron chi connectivity index (χ4n) is 2.12. The molecule has 0 radical (unpaired) electrons. The van der Waals surface area contributed by atoms with E-state index in [9.17, 15) is 9.59 Å². The molecule has 1 aromatic carbocycles. The number of carbonyl (C=O) groups excluding carboxylic acids is 2. The largest absolute Gasteiger partial charge is 0.384 e. The molecule has 1 aliphatic heterocycles. The zero-order chi connectivity index (χ0) is 14.1. The van der Waals surface area contributed by atoms with Gasteiger partial charge >= 0.3 is 0 Å². The summed E-state index contributed by atoms with van der Waals surface area (Å²) < 4.78 is 0. The third-order valence-corrected chi connectivity index (χ3v) is 3.01. The molecule has 2 aromatic rings. The second-order valence-electron chi connectivity index (χ2n) is 4.40. The van der Waals surface area contributed by atoms with Crippen LogP contribution in [0.1, 0.15) is 10.5 Å². The van der Waals surface area contributed by atoms with Gasteiger partial charge in [0.2, 0.25) is 5.91 Å². The van der Waals surface area contributed by atoms with E-state index in [0.29, 0.717) is 11.4 Å². The molecule has 0 bridgehead atoms. The zero-order valence-corrected chi connectivity index (χ0v) is 10.5. The number of carbonyl (C=O) groups is 2. The molecule has 0 unspecified atom stereocenters. The number of fused-ring (bicyclic) bond motifs is 1. The number of amides is 2. The Hall–Kier alpha value is -2.89. The maximum atomic E-state index is 12.5. The van der Waals surface area contributed by atoms with Gasteiger partial charge in [-0.25, -0.2) is 4.98 Å². The lowest BCUT2D eigenvalue weighted by atomic mass is 10.1. The molecule has 1 aliphatic rings. The molecule has 20 heavy (non-hydrogen) atoms. The molecule has 0 aliphatic carbocycles. The van der Waals surface area contributed by atoms with Gasteiger partial charge in [-0.15, -0.1) is 0 Å². The highest BCUT2D eigenvalue weighted by Crippen LogP contribution is 2.29. The van der Waals surface area contributed by atoms with Crippen LogP contribution in [0.5, 0.6) is 0 Å². The van der Waals surface area contributed by atoms with Crippen LogP contribution in [-0.4, -0.2) is 23.3 Å². The summed E-state index contributed by atoms with van der Waals surface area (Å²) in [5.74, 6) is -0.314. The van der Waals surface area contributed by atoms with Crippen LogP contribution in [0.25, 0.3) is 0 Å². The Morgan fingerprint density at radius 3 is 2.80 bits per heavy atom. The van der Waals surface area contributed by atoms with Gasteiger partial charge in [0.15, 0.2) is 0 Å². The van der Waals surface area contributed by atoms with Crippen molar-refractivity contribution in [3.63, 3.8) is 0 Å². The molecule has 0 saturated heterocycles. The summed E-state index contributed by atoms with van der Waals surface area (Å²) in [5.41, 5.74) is 7.07. The Bertz CT molecular complexity index is 699. The smallest absolute Gasteiger partial charge is 0.277 e. The van der Waals surface area contributed by atoms with Crippen molar-refractivity contribution in [2.45, 2.75) is 0 Å². The van der Waals surface area contributed by atoms with Crippen LogP contribution in [-0.2, 0) is 4.79 Å². The summed E-state index contributed by atoms with van der Waals surface area (Å²) in [6.07, 6.45) is 0. The first-order valence-corrected chi connectivity index (χ1v) is 6.08. The summed E-state index contributed by atoms with van der Waals surface area (Å²) in [4.78, 5) is 29.6. The Labute approximate surface area is 115 Å². The molecule has 100 valence electrons. The first-order chi connectivity index (χ1) is 9.65. The number of aromatic nitrogens is 1. The average molecular weight is 268 g/mol. The van der Waals surface area contributed by atoms with Crippen molar-refractivity contribution in [3.05, 3.63) is 48.2 Å². The maximum absolute atomic E-state index is 12.5. The van der Waals surface area contributed by atoms with E-state index in [1.807, 2.05) is 6.07 Å². The summed E-state index contributed by atoms with van der Waals surface area (Å²) >= 11 is 0. The van der Waals surface area contributed by atoms with Crippen LogP contribution < -0.4 is 16.0 Å². The van der Waals surface area contributed by atoms with Gasteiger partial charge in [0.25, 0.3) is 5.91 Å². The molecule has 2 amide bonds. The molecule has 3 N–H and O–H groups in total. The highest BCUT2D eigenvalue weighted by molar-refractivity contribution is 6.14. The lowest BCUT2D eigenvalue weighted by Crippen LogP contribution is -2.42. The van der Waals surface area contributed by atoms with Crippen LogP contribution in [0, 0.1) is 0 Å². The number of nitrogens with zero attached hydrogens (tertiary/aromatic N) is 2. The second-order valence-corrected chi connectivity index (χ2v) is 4.40. The Balaban J connectivity index is 2.02. The molecular weight excluding hydrogens is 256 g/mol. The maximum Gasteiger partial charge on any atom is 0.277 e. The summed E-state index contributed by atoms with van der Waals surface area (Å²) in [6, 6.07) is 12.0. The van der Waals surface area contributed by atoms with Gasteiger partial charge in [0, 0.05) is 0 Å². The van der Waals surface area contributed by atoms with Gasteiger partial charge in [-0.3, -0.25) is 14.5 Å². The quantitative estimate of drug-likeness (QED) is 0.815. The van der Waals surface area contributed by atoms with Crippen molar-refractivity contribution >= 4 is 29.0 Å². The molecule has 6 nitrogen and oxygen atoms in total. The number of hydrogen-bond acceptors (Lipinski definition) is 4. The fraction of sp³-hybridized carbons (Fsp3) is 0.0714. The number of benzene rings is 1. The van der Waals surface area contributed by atoms with E-state index in [1.165, 1.54) is 4.90 Å². The molecule has 6 heteroatoms. The highest BCUT2D eigenvalue weighted by atomic mass is 16.2. The van der Waals surface area contributed by atoms with Crippen molar-refractivity contribution in [2.24, 2.45) is 0 Å². The van der Waals surface area contributed by atoms with Crippen LogP contribution in [0.2, 0.25) is 0 Å². The third kappa shape index (κ3) is 2.07. The molecule has 0 fully saturated rings. The number of para-hydroxylation sites is 2. The molecule has 0 saturated carbocycles. The van der Waals surface area contributed by atoms with E-state index < -0.39 is 0 Å². The monoisotopic (exact) mass is 268 g/mol. The zero-order valence-electron chi connectivity index (χ0n) is 10.5. The molecule has 0 atom stereocenters. The van der Waals surface area contributed by atoms with E-state index in [-0.39, 0.29) is 29.9 Å². The van der Waals surface area contributed by atoms with Crippen molar-refractivity contribution in [1.29, 1.82) is 0 Å². The van der Waals surface area contributed by atoms with Gasteiger partial charge in [-0.2, -0.15) is 0 Å². The van der Waals surface area contributed by atoms with Crippen LogP contribution in [0.4, 0.5) is 17.2 Å². The predicted octanol–water partition coefficient (Wildman–Crippen LogP) is 1.26. The number of pyridine rings is 1. The average Bonchev–Trinajstić information content (AvgIpc) is 2.45. The van der Waals surface area contributed by atoms with Crippen molar-refractivity contribution < 1.29 is 9.59 Å². The minimum atomic E-state index is -0.348. The SMILES string of the molecule is Nc1cccc(C(=O)N2CC(=O)Nc3ccccc32)n1. The number of nitrogen functional groups attached to an aromatic ring is 1. The number of rotatable bonds is 1. The second kappa shape index (κ2) is 4.65. The topological polar surface area (TPSA) is 88.3 Å². The minimum absolute atomic E-state index is 0.0354. The van der Waals surface area contributed by atoms with Crippen molar-refractivity contribution in [2.75, 3.05) is 22.5 Å². The van der Waals surface area contributed by atoms with Gasteiger partial charge in [0.05, 0.1) is 11.4 Å². The number of nitrogens with one attached hydrogen (secondary N) is 1. The molecule has 2 heterocycles. The van der Waals surface area contributed by atoms with E-state index in [1.54, 1.807) is 36.4 Å². The summed E-state index contributed by atoms with van der Waals surface area (Å²) in [6.45, 7) is -0.0354.